The fourth-order valence-corrected chi connectivity index (χ4v) is 3.30. The number of nitrogens with zero attached hydrogens (tertiary/aromatic N) is 1. The number of benzene rings is 2. The first kappa shape index (κ1) is 18.2. The molecule has 0 aromatic heterocycles. The van der Waals surface area contributed by atoms with Crippen molar-refractivity contribution in [3.8, 4) is 0 Å². The number of carbonyl (C=O) groups is 1. The number of esters is 1. The van der Waals surface area contributed by atoms with Crippen molar-refractivity contribution in [3.05, 3.63) is 59.7 Å². The van der Waals surface area contributed by atoms with Crippen LogP contribution in [0.15, 0.2) is 48.5 Å². The highest BCUT2D eigenvalue weighted by molar-refractivity contribution is 5.98. The van der Waals surface area contributed by atoms with Gasteiger partial charge in [-0.15, -0.1) is 0 Å². The van der Waals surface area contributed by atoms with Crippen molar-refractivity contribution >= 4 is 17.3 Å². The summed E-state index contributed by atoms with van der Waals surface area (Å²) < 4.78 is 10.9. The lowest BCUT2D eigenvalue weighted by Gasteiger charge is -2.27. The van der Waals surface area contributed by atoms with Gasteiger partial charge in [-0.1, -0.05) is 36.4 Å². The molecule has 0 spiro atoms. The standard InChI is InChI=1S/C20H25N3O3/c1-25-20(24)16-8-5-9-17(19(16)21)23(22)18-13-12-15(26-18)11-10-14-6-3-2-4-7-14/h2-9,15,18H,10-13,21-22H2,1H3. The third-order valence-corrected chi connectivity index (χ3v) is 4.76. The molecule has 0 amide bonds. The van der Waals surface area contributed by atoms with E-state index in [1.807, 2.05) is 18.2 Å². The molecule has 2 aromatic carbocycles. The molecule has 0 bridgehead atoms. The molecule has 6 heteroatoms. The highest BCUT2D eigenvalue weighted by Crippen LogP contribution is 2.32. The van der Waals surface area contributed by atoms with Gasteiger partial charge in [0.1, 0.15) is 6.23 Å². The molecule has 1 aliphatic rings. The van der Waals surface area contributed by atoms with Crippen LogP contribution in [0.25, 0.3) is 0 Å². The molecule has 1 aliphatic heterocycles. The van der Waals surface area contributed by atoms with E-state index in [-0.39, 0.29) is 12.3 Å². The molecule has 1 heterocycles. The molecule has 1 fully saturated rings. The van der Waals surface area contributed by atoms with E-state index in [0.29, 0.717) is 16.9 Å². The van der Waals surface area contributed by atoms with Crippen molar-refractivity contribution in [1.82, 2.24) is 0 Å². The Bertz CT molecular complexity index is 751. The summed E-state index contributed by atoms with van der Waals surface area (Å²) in [5.74, 6) is 5.78. The van der Waals surface area contributed by atoms with Crippen molar-refractivity contribution < 1.29 is 14.3 Å². The molecule has 2 unspecified atom stereocenters. The lowest BCUT2D eigenvalue weighted by Crippen LogP contribution is -2.42. The minimum absolute atomic E-state index is 0.163. The van der Waals surface area contributed by atoms with Gasteiger partial charge in [0.15, 0.2) is 0 Å². The number of nitrogens with two attached hydrogens (primary N) is 2. The van der Waals surface area contributed by atoms with Gasteiger partial charge >= 0.3 is 5.97 Å². The van der Waals surface area contributed by atoms with Gasteiger partial charge in [-0.05, 0) is 43.4 Å². The molecule has 3 rings (SSSR count). The topological polar surface area (TPSA) is 90.8 Å². The largest absolute Gasteiger partial charge is 0.465 e. The van der Waals surface area contributed by atoms with Gasteiger partial charge in [-0.2, -0.15) is 0 Å². The van der Waals surface area contributed by atoms with E-state index < -0.39 is 5.97 Å². The van der Waals surface area contributed by atoms with Crippen molar-refractivity contribution in [2.24, 2.45) is 5.84 Å². The van der Waals surface area contributed by atoms with E-state index in [0.717, 1.165) is 25.7 Å². The predicted molar refractivity (Wildman–Crippen MR) is 102 cm³/mol. The van der Waals surface area contributed by atoms with Gasteiger partial charge < -0.3 is 15.2 Å². The molecule has 0 aliphatic carbocycles. The van der Waals surface area contributed by atoms with Gasteiger partial charge in [0, 0.05) is 0 Å². The van der Waals surface area contributed by atoms with E-state index in [1.54, 1.807) is 18.2 Å². The van der Waals surface area contributed by atoms with Gasteiger partial charge in [-0.25, -0.2) is 10.6 Å². The lowest BCUT2D eigenvalue weighted by molar-refractivity contribution is 0.0388. The quantitative estimate of drug-likeness (QED) is 0.358. The molecule has 1 saturated heterocycles. The van der Waals surface area contributed by atoms with E-state index in [1.165, 1.54) is 17.7 Å². The molecular formula is C20H25N3O3. The van der Waals surface area contributed by atoms with Crippen molar-refractivity contribution in [2.45, 2.75) is 38.0 Å². The monoisotopic (exact) mass is 355 g/mol. The van der Waals surface area contributed by atoms with E-state index in [4.69, 9.17) is 21.1 Å². The van der Waals surface area contributed by atoms with Crippen LogP contribution in [0.4, 0.5) is 11.4 Å². The van der Waals surface area contributed by atoms with Crippen molar-refractivity contribution in [3.63, 3.8) is 0 Å². The molecule has 4 N–H and O–H groups in total. The van der Waals surface area contributed by atoms with E-state index in [9.17, 15) is 4.79 Å². The number of ether oxygens (including phenoxy) is 2. The maximum absolute atomic E-state index is 11.8. The van der Waals surface area contributed by atoms with Crippen molar-refractivity contribution in [1.29, 1.82) is 0 Å². The predicted octanol–water partition coefficient (Wildman–Crippen LogP) is 2.87. The number of hydrazine groups is 1. The van der Waals surface area contributed by atoms with E-state index >= 15 is 0 Å². The zero-order valence-electron chi connectivity index (χ0n) is 14.9. The fourth-order valence-electron chi connectivity index (χ4n) is 3.30. The summed E-state index contributed by atoms with van der Waals surface area (Å²) in [5.41, 5.74) is 8.60. The first-order valence-corrected chi connectivity index (χ1v) is 8.80. The second kappa shape index (κ2) is 8.21. The molecule has 26 heavy (non-hydrogen) atoms. The zero-order valence-corrected chi connectivity index (χ0v) is 14.9. The smallest absolute Gasteiger partial charge is 0.340 e. The van der Waals surface area contributed by atoms with Crippen molar-refractivity contribution in [2.75, 3.05) is 17.9 Å². The SMILES string of the molecule is COC(=O)c1cccc(N(N)C2CCC(CCc3ccccc3)O2)c1N. The zero-order chi connectivity index (χ0) is 18.5. The van der Waals surface area contributed by atoms with Crippen LogP contribution in [-0.2, 0) is 15.9 Å². The van der Waals surface area contributed by atoms with Crippen LogP contribution in [0.1, 0.15) is 35.2 Å². The average Bonchev–Trinajstić information content (AvgIpc) is 3.15. The second-order valence-electron chi connectivity index (χ2n) is 6.45. The van der Waals surface area contributed by atoms with Crippen LogP contribution < -0.4 is 16.6 Å². The van der Waals surface area contributed by atoms with Gasteiger partial charge in [0.05, 0.1) is 30.2 Å². The number of hydrogen-bond donors (Lipinski definition) is 2. The van der Waals surface area contributed by atoms with Crippen LogP contribution in [0.3, 0.4) is 0 Å². The second-order valence-corrected chi connectivity index (χ2v) is 6.45. The summed E-state index contributed by atoms with van der Waals surface area (Å²) in [6.07, 6.45) is 3.59. The number of para-hydroxylation sites is 1. The number of aryl methyl sites for hydroxylation is 1. The average molecular weight is 355 g/mol. The number of hydrogen-bond acceptors (Lipinski definition) is 6. The van der Waals surface area contributed by atoms with Crippen LogP contribution in [-0.4, -0.2) is 25.4 Å². The highest BCUT2D eigenvalue weighted by Gasteiger charge is 2.30. The van der Waals surface area contributed by atoms with Crippen LogP contribution >= 0.6 is 0 Å². The van der Waals surface area contributed by atoms with Gasteiger partial charge in [0.2, 0.25) is 0 Å². The highest BCUT2D eigenvalue weighted by atomic mass is 16.5. The lowest BCUT2D eigenvalue weighted by atomic mass is 10.1. The summed E-state index contributed by atoms with van der Waals surface area (Å²) in [7, 11) is 1.33. The molecule has 2 atom stereocenters. The van der Waals surface area contributed by atoms with Crippen LogP contribution in [0.2, 0.25) is 0 Å². The number of methoxy groups -OCH3 is 1. The summed E-state index contributed by atoms with van der Waals surface area (Å²) in [4.78, 5) is 11.8. The fraction of sp³-hybridized carbons (Fsp3) is 0.350. The minimum Gasteiger partial charge on any atom is -0.465 e. The molecular weight excluding hydrogens is 330 g/mol. The number of anilines is 2. The normalized spacial score (nSPS) is 19.3. The summed E-state index contributed by atoms with van der Waals surface area (Å²) in [5, 5.41) is 1.52. The Kier molecular flexibility index (Phi) is 5.75. The molecule has 0 radical (unpaired) electrons. The van der Waals surface area contributed by atoms with Crippen LogP contribution in [0, 0.1) is 0 Å². The number of nitrogen functional groups attached to an aromatic ring is 1. The first-order chi connectivity index (χ1) is 12.6. The third kappa shape index (κ3) is 3.98. The van der Waals surface area contributed by atoms with Gasteiger partial charge in [-0.3, -0.25) is 5.01 Å². The Morgan fingerprint density at radius 2 is 1.96 bits per heavy atom. The Morgan fingerprint density at radius 3 is 2.69 bits per heavy atom. The molecule has 6 nitrogen and oxygen atoms in total. The first-order valence-electron chi connectivity index (χ1n) is 8.80. The van der Waals surface area contributed by atoms with Crippen LogP contribution in [0.5, 0.6) is 0 Å². The Hall–Kier alpha value is -2.57. The number of carbonyl (C=O) groups excluding carboxylic acids is 1. The molecule has 0 saturated carbocycles. The maximum Gasteiger partial charge on any atom is 0.340 e. The summed E-state index contributed by atoms with van der Waals surface area (Å²) >= 11 is 0. The minimum atomic E-state index is -0.481. The maximum atomic E-state index is 11.8. The Balaban J connectivity index is 1.63. The summed E-state index contributed by atoms with van der Waals surface area (Å²) in [6, 6.07) is 15.5. The molecule has 2 aromatic rings. The Morgan fingerprint density at radius 1 is 1.19 bits per heavy atom. The molecule has 138 valence electrons. The third-order valence-electron chi connectivity index (χ3n) is 4.76. The van der Waals surface area contributed by atoms with Gasteiger partial charge in [0.25, 0.3) is 0 Å². The number of rotatable bonds is 6. The summed E-state index contributed by atoms with van der Waals surface area (Å²) in [6.45, 7) is 0. The van der Waals surface area contributed by atoms with E-state index in [2.05, 4.69) is 12.1 Å². The Labute approximate surface area is 153 Å².